The van der Waals surface area contributed by atoms with Crippen LogP contribution >= 0.6 is 0 Å². The Morgan fingerprint density at radius 3 is 2.58 bits per heavy atom. The number of rotatable bonds is 1. The Morgan fingerprint density at radius 1 is 1.42 bits per heavy atom. The van der Waals surface area contributed by atoms with Crippen molar-refractivity contribution in [2.75, 3.05) is 0 Å². The first-order valence-corrected chi connectivity index (χ1v) is 3.68. The number of urea groups is 1. The van der Waals surface area contributed by atoms with E-state index in [-0.39, 0.29) is 0 Å². The molecule has 0 heterocycles. The van der Waals surface area contributed by atoms with Gasteiger partial charge in [0.2, 0.25) is 0 Å². The van der Waals surface area contributed by atoms with Gasteiger partial charge in [0.1, 0.15) is 0 Å². The second-order valence-corrected chi connectivity index (χ2v) is 2.74. The molecule has 0 spiro atoms. The zero-order chi connectivity index (χ0) is 9.14. The molecule has 3 heteroatoms. The molecule has 0 atom stereocenters. The average molecular weight is 163 g/mol. The van der Waals surface area contributed by atoms with Crippen molar-refractivity contribution in [3.63, 3.8) is 0 Å². The number of hydrogen-bond donors (Lipinski definition) is 1. The van der Waals surface area contributed by atoms with Crippen LogP contribution in [0.25, 0.3) is 0 Å². The van der Waals surface area contributed by atoms with Gasteiger partial charge in [0, 0.05) is 0 Å². The highest BCUT2D eigenvalue weighted by Gasteiger charge is 2.01. The van der Waals surface area contributed by atoms with Crippen molar-refractivity contribution >= 4 is 11.7 Å². The molecule has 1 aromatic rings. The van der Waals surface area contributed by atoms with Crippen LogP contribution in [0.2, 0.25) is 0 Å². The van der Waals surface area contributed by atoms with Crippen LogP contribution in [0.5, 0.6) is 0 Å². The number of primary amides is 1. The molecule has 0 aliphatic carbocycles. The number of carbonyl (C=O) groups excluding carboxylic acids is 1. The van der Waals surface area contributed by atoms with Crippen LogP contribution in [-0.4, -0.2) is 6.03 Å². The minimum atomic E-state index is -0.651. The standard InChI is InChI=1S/C9H11N2O/c1-6-3-4-8(7(2)5-6)11-9(10)12/h3-5H,1-2H3,(H2,10,12). The quantitative estimate of drug-likeness (QED) is 0.671. The van der Waals surface area contributed by atoms with Gasteiger partial charge in [-0.1, -0.05) is 17.7 Å². The molecule has 0 fully saturated rings. The molecule has 0 unspecified atom stereocenters. The van der Waals surface area contributed by atoms with E-state index in [0.717, 1.165) is 11.1 Å². The van der Waals surface area contributed by atoms with Crippen LogP contribution in [0.3, 0.4) is 0 Å². The smallest absolute Gasteiger partial charge is 0.338 e. The van der Waals surface area contributed by atoms with Crippen LogP contribution in [0.15, 0.2) is 18.2 Å². The third-order valence-electron chi connectivity index (χ3n) is 1.58. The van der Waals surface area contributed by atoms with Crippen LogP contribution in [0, 0.1) is 13.8 Å². The fourth-order valence-corrected chi connectivity index (χ4v) is 1.05. The molecule has 63 valence electrons. The molecular weight excluding hydrogens is 152 g/mol. The number of amides is 2. The third kappa shape index (κ3) is 1.99. The lowest BCUT2D eigenvalue weighted by Gasteiger charge is -2.03. The predicted molar refractivity (Wildman–Crippen MR) is 47.3 cm³/mol. The summed E-state index contributed by atoms with van der Waals surface area (Å²) in [6, 6.07) is 4.99. The topological polar surface area (TPSA) is 57.2 Å². The van der Waals surface area contributed by atoms with E-state index < -0.39 is 6.03 Å². The Balaban J connectivity index is 2.93. The summed E-state index contributed by atoms with van der Waals surface area (Å²) < 4.78 is 0. The number of aryl methyl sites for hydroxylation is 2. The molecule has 3 nitrogen and oxygen atoms in total. The van der Waals surface area contributed by atoms with Crippen LogP contribution in [0.4, 0.5) is 10.5 Å². The monoisotopic (exact) mass is 163 g/mol. The van der Waals surface area contributed by atoms with Crippen molar-refractivity contribution in [2.45, 2.75) is 13.8 Å². The summed E-state index contributed by atoms with van der Waals surface area (Å²) in [5.74, 6) is 0. The van der Waals surface area contributed by atoms with Gasteiger partial charge in [-0.05, 0) is 25.5 Å². The molecule has 1 aromatic carbocycles. The van der Waals surface area contributed by atoms with Crippen LogP contribution in [0.1, 0.15) is 11.1 Å². The van der Waals surface area contributed by atoms with Crippen molar-refractivity contribution in [3.05, 3.63) is 29.3 Å². The fourth-order valence-electron chi connectivity index (χ4n) is 1.05. The number of hydrogen-bond acceptors (Lipinski definition) is 1. The summed E-state index contributed by atoms with van der Waals surface area (Å²) in [5, 5.41) is 3.64. The Morgan fingerprint density at radius 2 is 2.08 bits per heavy atom. The summed E-state index contributed by atoms with van der Waals surface area (Å²) in [6.45, 7) is 3.88. The second kappa shape index (κ2) is 3.26. The summed E-state index contributed by atoms with van der Waals surface area (Å²) in [5.41, 5.74) is 7.69. The lowest BCUT2D eigenvalue weighted by Crippen LogP contribution is -2.18. The number of carbonyl (C=O) groups is 1. The summed E-state index contributed by atoms with van der Waals surface area (Å²) >= 11 is 0. The van der Waals surface area contributed by atoms with Gasteiger partial charge >= 0.3 is 6.03 Å². The summed E-state index contributed by atoms with van der Waals surface area (Å²) in [6.07, 6.45) is 0. The van der Waals surface area contributed by atoms with E-state index >= 15 is 0 Å². The summed E-state index contributed by atoms with van der Waals surface area (Å²) in [4.78, 5) is 10.5. The van der Waals surface area contributed by atoms with Crippen molar-refractivity contribution in [3.8, 4) is 0 Å². The molecule has 0 aliphatic rings. The van der Waals surface area contributed by atoms with Crippen molar-refractivity contribution in [1.82, 2.24) is 5.32 Å². The first kappa shape index (κ1) is 8.59. The van der Waals surface area contributed by atoms with Gasteiger partial charge in [-0.3, -0.25) is 0 Å². The van der Waals surface area contributed by atoms with Gasteiger partial charge < -0.3 is 5.73 Å². The number of nitrogens with two attached hydrogens (primary N) is 1. The van der Waals surface area contributed by atoms with E-state index in [1.165, 1.54) is 0 Å². The first-order valence-electron chi connectivity index (χ1n) is 3.68. The summed E-state index contributed by atoms with van der Waals surface area (Å²) in [7, 11) is 0. The minimum Gasteiger partial charge on any atom is -0.350 e. The number of benzene rings is 1. The van der Waals surface area contributed by atoms with Gasteiger partial charge in [-0.25, -0.2) is 4.79 Å². The van der Waals surface area contributed by atoms with E-state index in [2.05, 4.69) is 5.32 Å². The van der Waals surface area contributed by atoms with Gasteiger partial charge in [-0.2, -0.15) is 5.32 Å². The average Bonchev–Trinajstić information content (AvgIpc) is 1.94. The molecule has 2 N–H and O–H groups in total. The fraction of sp³-hybridized carbons (Fsp3) is 0.222. The van der Waals surface area contributed by atoms with Gasteiger partial charge in [0.05, 0.1) is 5.69 Å². The normalized spacial score (nSPS) is 9.50. The molecule has 1 radical (unpaired) electrons. The minimum absolute atomic E-state index is 0.646. The highest BCUT2D eigenvalue weighted by Crippen LogP contribution is 2.15. The molecule has 0 aromatic heterocycles. The van der Waals surface area contributed by atoms with E-state index in [0.29, 0.717) is 5.69 Å². The maximum absolute atomic E-state index is 10.5. The van der Waals surface area contributed by atoms with Gasteiger partial charge in [-0.15, -0.1) is 0 Å². The van der Waals surface area contributed by atoms with E-state index in [1.807, 2.05) is 26.0 Å². The highest BCUT2D eigenvalue weighted by molar-refractivity contribution is 5.77. The Labute approximate surface area is 71.6 Å². The maximum atomic E-state index is 10.5. The van der Waals surface area contributed by atoms with Crippen molar-refractivity contribution < 1.29 is 4.79 Å². The van der Waals surface area contributed by atoms with E-state index in [1.54, 1.807) is 6.07 Å². The lowest BCUT2D eigenvalue weighted by molar-refractivity contribution is 0.252. The van der Waals surface area contributed by atoms with Gasteiger partial charge in [0.25, 0.3) is 0 Å². The third-order valence-corrected chi connectivity index (χ3v) is 1.58. The van der Waals surface area contributed by atoms with E-state index in [4.69, 9.17) is 5.73 Å². The zero-order valence-electron chi connectivity index (χ0n) is 7.16. The molecule has 12 heavy (non-hydrogen) atoms. The van der Waals surface area contributed by atoms with Gasteiger partial charge in [0.15, 0.2) is 0 Å². The molecule has 0 saturated heterocycles. The van der Waals surface area contributed by atoms with E-state index in [9.17, 15) is 4.79 Å². The molecular formula is C9H11N2O. The van der Waals surface area contributed by atoms with Crippen LogP contribution < -0.4 is 11.1 Å². The molecule has 0 bridgehead atoms. The zero-order valence-corrected chi connectivity index (χ0v) is 7.16. The first-order chi connectivity index (χ1) is 5.59. The Kier molecular flexibility index (Phi) is 2.33. The largest absolute Gasteiger partial charge is 0.350 e. The predicted octanol–water partition coefficient (Wildman–Crippen LogP) is 1.62. The number of nitrogens with zero attached hydrogens (tertiary/aromatic N) is 1. The molecule has 1 rings (SSSR count). The molecule has 2 amide bonds. The highest BCUT2D eigenvalue weighted by atomic mass is 16.2. The Bertz CT molecular complexity index is 307. The molecule has 0 saturated carbocycles. The lowest BCUT2D eigenvalue weighted by atomic mass is 10.1. The van der Waals surface area contributed by atoms with Crippen molar-refractivity contribution in [1.29, 1.82) is 0 Å². The van der Waals surface area contributed by atoms with Crippen molar-refractivity contribution in [2.24, 2.45) is 5.73 Å². The molecule has 0 aliphatic heterocycles. The maximum Gasteiger partial charge on any atom is 0.338 e. The SMILES string of the molecule is Cc1ccc([N]C(N)=O)c(C)c1. The second-order valence-electron chi connectivity index (χ2n) is 2.74. The Hall–Kier alpha value is -1.51. The van der Waals surface area contributed by atoms with Crippen LogP contribution in [-0.2, 0) is 0 Å².